The fourth-order valence-corrected chi connectivity index (χ4v) is 2.84. The summed E-state index contributed by atoms with van der Waals surface area (Å²) in [5.41, 5.74) is 3.03. The van der Waals surface area contributed by atoms with Crippen LogP contribution < -0.4 is 0 Å². The van der Waals surface area contributed by atoms with E-state index in [-0.39, 0.29) is 18.0 Å². The van der Waals surface area contributed by atoms with Gasteiger partial charge >= 0.3 is 0 Å². The van der Waals surface area contributed by atoms with Crippen LogP contribution in [0.15, 0.2) is 35.8 Å². The Balaban J connectivity index is 2.25. The second-order valence-corrected chi connectivity index (χ2v) is 6.09. The third-order valence-electron chi connectivity index (χ3n) is 4.14. The molecule has 0 aliphatic heterocycles. The zero-order valence-electron chi connectivity index (χ0n) is 13.8. The maximum atomic E-state index is 10.7. The number of rotatable bonds is 6. The number of ether oxygens (including phenoxy) is 1. The fraction of sp³-hybridized carbons (Fsp3) is 0.444. The van der Waals surface area contributed by atoms with Gasteiger partial charge < -0.3 is 9.84 Å². The average molecular weight is 301 g/mol. The Labute approximate surface area is 132 Å². The number of nitrogens with zero attached hydrogens (tertiary/aromatic N) is 2. The summed E-state index contributed by atoms with van der Waals surface area (Å²) >= 11 is 0. The van der Waals surface area contributed by atoms with Crippen molar-refractivity contribution in [2.75, 3.05) is 7.11 Å². The lowest BCUT2D eigenvalue weighted by Gasteiger charge is -2.10. The summed E-state index contributed by atoms with van der Waals surface area (Å²) in [6, 6.07) is 7.90. The van der Waals surface area contributed by atoms with E-state index in [0.29, 0.717) is 0 Å². The first-order valence-electron chi connectivity index (χ1n) is 7.47. The zero-order valence-corrected chi connectivity index (χ0v) is 13.8. The third-order valence-corrected chi connectivity index (χ3v) is 4.14. The van der Waals surface area contributed by atoms with Gasteiger partial charge in [0.2, 0.25) is 5.79 Å². The Morgan fingerprint density at radius 3 is 2.64 bits per heavy atom. The molecule has 1 aliphatic rings. The van der Waals surface area contributed by atoms with E-state index >= 15 is 0 Å². The van der Waals surface area contributed by atoms with E-state index in [9.17, 15) is 5.11 Å². The lowest BCUT2D eigenvalue weighted by atomic mass is 9.98. The molecule has 22 heavy (non-hydrogen) atoms. The highest BCUT2D eigenvalue weighted by Crippen LogP contribution is 2.53. The Bertz CT molecular complexity index is 621. The molecule has 118 valence electrons. The summed E-state index contributed by atoms with van der Waals surface area (Å²) in [7, 11) is 1.51. The normalized spacial score (nSPS) is 27.4. The molecule has 3 unspecified atom stereocenters. The Morgan fingerprint density at radius 1 is 1.45 bits per heavy atom. The molecule has 4 nitrogen and oxygen atoms in total. The first kappa shape index (κ1) is 16.6. The highest BCUT2D eigenvalue weighted by Gasteiger charge is 2.71. The molecule has 1 fully saturated rings. The summed E-state index contributed by atoms with van der Waals surface area (Å²) < 4.78 is 7.00. The van der Waals surface area contributed by atoms with Gasteiger partial charge in [0.05, 0.1) is 12.6 Å². The Morgan fingerprint density at radius 2 is 2.09 bits per heavy atom. The number of methoxy groups -OCH3 is 1. The Hall–Kier alpha value is -1.78. The molecule has 4 heteroatoms. The van der Waals surface area contributed by atoms with Crippen molar-refractivity contribution in [1.82, 2.24) is 0 Å². The summed E-state index contributed by atoms with van der Waals surface area (Å²) in [6.45, 7) is 14.2. The summed E-state index contributed by atoms with van der Waals surface area (Å²) in [5, 5.41) is 10.7. The molecule has 0 spiro atoms. The van der Waals surface area contributed by atoms with Crippen LogP contribution in [-0.2, 0) is 4.74 Å². The predicted molar refractivity (Wildman–Crippen MR) is 90.5 cm³/mol. The average Bonchev–Trinajstić information content (AvgIpc) is 3.11. The van der Waals surface area contributed by atoms with Crippen LogP contribution in [-0.4, -0.2) is 47.7 Å². The minimum Gasteiger partial charge on any atom is -0.362 e. The minimum atomic E-state index is -1.27. The molecular formula is C18H25N2O2+. The Kier molecular flexibility index (Phi) is 4.63. The van der Waals surface area contributed by atoms with Gasteiger partial charge in [0, 0.05) is 7.11 Å². The molecular weight excluding hydrogens is 276 g/mol. The molecule has 1 aromatic rings. The van der Waals surface area contributed by atoms with Crippen molar-refractivity contribution < 1.29 is 14.4 Å². The molecule has 0 radical (unpaired) electrons. The van der Waals surface area contributed by atoms with Gasteiger partial charge in [-0.15, -0.1) is 0 Å². The first-order valence-corrected chi connectivity index (χ1v) is 7.47. The number of aliphatic imine (C=N–C) groups is 1. The number of hydrogen-bond donors (Lipinski definition) is 1. The van der Waals surface area contributed by atoms with Gasteiger partial charge in [0.1, 0.15) is 6.04 Å². The van der Waals surface area contributed by atoms with Gasteiger partial charge in [0.25, 0.3) is 6.34 Å². The second kappa shape index (κ2) is 6.15. The van der Waals surface area contributed by atoms with Crippen LogP contribution in [0.4, 0.5) is 0 Å². The van der Waals surface area contributed by atoms with Crippen LogP contribution in [0.5, 0.6) is 0 Å². The van der Waals surface area contributed by atoms with Crippen molar-refractivity contribution in [3.63, 3.8) is 0 Å². The lowest BCUT2D eigenvalue weighted by Crippen LogP contribution is -2.24. The second-order valence-electron chi connectivity index (χ2n) is 6.09. The van der Waals surface area contributed by atoms with Crippen molar-refractivity contribution in [2.45, 2.75) is 38.6 Å². The van der Waals surface area contributed by atoms with Gasteiger partial charge in [-0.3, -0.25) is 0 Å². The quantitative estimate of drug-likeness (QED) is 0.380. The van der Waals surface area contributed by atoms with Gasteiger partial charge in [0.15, 0.2) is 6.04 Å². The maximum absolute atomic E-state index is 10.7. The number of aliphatic hydroxyl groups is 1. The fourth-order valence-electron chi connectivity index (χ4n) is 2.84. The molecule has 1 aliphatic carbocycles. The van der Waals surface area contributed by atoms with E-state index in [2.05, 4.69) is 18.3 Å². The summed E-state index contributed by atoms with van der Waals surface area (Å²) in [4.78, 5) is 4.31. The van der Waals surface area contributed by atoms with E-state index in [0.717, 1.165) is 16.7 Å². The molecule has 0 amide bonds. The molecule has 1 aromatic carbocycles. The highest BCUT2D eigenvalue weighted by molar-refractivity contribution is 5.73. The molecule has 1 saturated carbocycles. The van der Waals surface area contributed by atoms with E-state index in [1.807, 2.05) is 45.0 Å². The SMILES string of the molecule is C=C(c1ccccc1C)C1C([N+](=C)C=NC(C)C)C1(O)OC. The van der Waals surface area contributed by atoms with Gasteiger partial charge in [-0.1, -0.05) is 35.8 Å². The van der Waals surface area contributed by atoms with E-state index < -0.39 is 5.79 Å². The van der Waals surface area contributed by atoms with Crippen LogP contribution in [0.25, 0.3) is 5.57 Å². The van der Waals surface area contributed by atoms with Crippen molar-refractivity contribution in [3.8, 4) is 0 Å². The van der Waals surface area contributed by atoms with Crippen molar-refractivity contribution in [1.29, 1.82) is 0 Å². The summed E-state index contributed by atoms with van der Waals surface area (Å²) in [6.07, 6.45) is 1.66. The minimum absolute atomic E-state index is 0.177. The molecule has 3 atom stereocenters. The predicted octanol–water partition coefficient (Wildman–Crippen LogP) is 2.49. The number of benzene rings is 1. The molecule has 0 saturated heterocycles. The number of aryl methyl sites for hydroxylation is 1. The third kappa shape index (κ3) is 2.89. The summed E-state index contributed by atoms with van der Waals surface area (Å²) in [5.74, 6) is -1.50. The van der Waals surface area contributed by atoms with Crippen molar-refractivity contribution in [3.05, 3.63) is 42.0 Å². The number of hydrogen-bond acceptors (Lipinski definition) is 3. The molecule has 2 rings (SSSR count). The largest absolute Gasteiger partial charge is 0.362 e. The topological polar surface area (TPSA) is 44.8 Å². The smallest absolute Gasteiger partial charge is 0.280 e. The van der Waals surface area contributed by atoms with Crippen LogP contribution in [0.1, 0.15) is 25.0 Å². The van der Waals surface area contributed by atoms with Crippen LogP contribution in [0.3, 0.4) is 0 Å². The molecule has 0 aromatic heterocycles. The monoisotopic (exact) mass is 301 g/mol. The van der Waals surface area contributed by atoms with Crippen molar-refractivity contribution in [2.24, 2.45) is 10.9 Å². The zero-order chi connectivity index (χ0) is 16.5. The lowest BCUT2D eigenvalue weighted by molar-refractivity contribution is -0.431. The van der Waals surface area contributed by atoms with Gasteiger partial charge in [-0.25, -0.2) is 4.58 Å². The highest BCUT2D eigenvalue weighted by atomic mass is 16.6. The maximum Gasteiger partial charge on any atom is 0.280 e. The van der Waals surface area contributed by atoms with Crippen LogP contribution >= 0.6 is 0 Å². The van der Waals surface area contributed by atoms with E-state index in [4.69, 9.17) is 4.74 Å². The van der Waals surface area contributed by atoms with Crippen LogP contribution in [0.2, 0.25) is 0 Å². The standard InChI is InChI=1S/C18H25N2O2/c1-12(2)19-11-20(5)17-16(18(17,21)22-6)14(4)15-10-8-7-9-13(15)3/h7-12,16-17,21H,4-5H2,1-3,6H3/q+1. The molecule has 0 heterocycles. The van der Waals surface area contributed by atoms with Crippen molar-refractivity contribution >= 4 is 18.6 Å². The van der Waals surface area contributed by atoms with Gasteiger partial charge in [-0.2, -0.15) is 0 Å². The first-order chi connectivity index (χ1) is 10.3. The van der Waals surface area contributed by atoms with E-state index in [1.165, 1.54) is 7.11 Å². The van der Waals surface area contributed by atoms with Crippen LogP contribution in [0, 0.1) is 12.8 Å². The molecule has 0 bridgehead atoms. The van der Waals surface area contributed by atoms with E-state index in [1.54, 1.807) is 10.9 Å². The van der Waals surface area contributed by atoms with Gasteiger partial charge in [-0.05, 0) is 37.5 Å². The molecule has 1 N–H and O–H groups in total.